The Morgan fingerprint density at radius 1 is 1.06 bits per heavy atom. The Bertz CT molecular complexity index is 2630. The van der Waals surface area contributed by atoms with Crippen LogP contribution in [0.3, 0.4) is 0 Å². The fraction of sp³-hybridized carbons (Fsp3) is 0.500. The van der Waals surface area contributed by atoms with E-state index in [1.165, 1.54) is 45.4 Å². The molecule has 2 atom stereocenters. The van der Waals surface area contributed by atoms with Crippen LogP contribution in [0.4, 0.5) is 0 Å². The Kier molecular flexibility index (Phi) is 13.2. The largest absolute Gasteiger partial charge is 0.506 e. The van der Waals surface area contributed by atoms with E-state index in [2.05, 4.69) is 77.2 Å². The molecular weight excluding hydrogens is 849 g/mol. The molecule has 0 saturated heterocycles. The fourth-order valence-corrected chi connectivity index (χ4v) is 12.3. The van der Waals surface area contributed by atoms with Crippen LogP contribution in [0.25, 0.3) is 21.9 Å². The van der Waals surface area contributed by atoms with E-state index in [-0.39, 0.29) is 28.6 Å². The van der Waals surface area contributed by atoms with Gasteiger partial charge in [0.05, 0.1) is 26.9 Å². The van der Waals surface area contributed by atoms with Gasteiger partial charge in [-0.15, -0.1) is 27.8 Å². The lowest BCUT2D eigenvalue weighted by Gasteiger charge is -2.39. The van der Waals surface area contributed by atoms with Crippen LogP contribution in [0.1, 0.15) is 102 Å². The van der Waals surface area contributed by atoms with Gasteiger partial charge in [0.2, 0.25) is 11.2 Å². The first-order valence-corrected chi connectivity index (χ1v) is 27.0. The van der Waals surface area contributed by atoms with Crippen LogP contribution >= 0.6 is 22.7 Å². The molecule has 15 heteroatoms. The number of esters is 1. The molecule has 4 heterocycles. The lowest BCUT2D eigenvalue weighted by molar-refractivity contribution is -0.169. The van der Waals surface area contributed by atoms with E-state index in [0.717, 1.165) is 91.3 Å². The van der Waals surface area contributed by atoms with Crippen LogP contribution < -0.4 is 10.9 Å². The molecule has 0 aliphatic heterocycles. The highest BCUT2D eigenvalue weighted by Gasteiger charge is 2.45. The number of fused-ring (bicyclic) bond motifs is 4. The first-order chi connectivity index (χ1) is 30.0. The van der Waals surface area contributed by atoms with Crippen molar-refractivity contribution in [1.29, 1.82) is 0 Å². The number of rotatable bonds is 16. The molecule has 1 fully saturated rings. The highest BCUT2D eigenvalue weighted by Crippen LogP contribution is 2.42. The summed E-state index contributed by atoms with van der Waals surface area (Å²) in [5.41, 5.74) is 5.39. The molecular formula is C48H62N6O6S2Si. The molecule has 4 aromatic heterocycles. The third kappa shape index (κ3) is 9.33. The maximum atomic E-state index is 13.6. The van der Waals surface area contributed by atoms with Gasteiger partial charge in [0.15, 0.2) is 8.32 Å². The van der Waals surface area contributed by atoms with Crippen molar-refractivity contribution in [2.75, 3.05) is 20.1 Å². The van der Waals surface area contributed by atoms with Crippen LogP contribution in [-0.4, -0.2) is 81.7 Å². The van der Waals surface area contributed by atoms with Gasteiger partial charge in [0.1, 0.15) is 17.4 Å². The minimum atomic E-state index is -2.22. The average molecular weight is 911 g/mol. The molecule has 63 heavy (non-hydrogen) atoms. The number of nitrogens with one attached hydrogen (secondary N) is 2. The highest BCUT2D eigenvalue weighted by atomic mass is 32.1. The second-order valence-electron chi connectivity index (χ2n) is 19.1. The lowest BCUT2D eigenvalue weighted by Crippen LogP contribution is -2.43. The second kappa shape index (κ2) is 18.3. The number of ether oxygens (including phenoxy) is 1. The number of aryl methyl sites for hydroxylation is 3. The lowest BCUT2D eigenvalue weighted by atomic mass is 9.91. The Morgan fingerprint density at radius 3 is 2.56 bits per heavy atom. The maximum absolute atomic E-state index is 13.6. The molecule has 0 radical (unpaired) electrons. The van der Waals surface area contributed by atoms with Crippen LogP contribution in [0.15, 0.2) is 64.8 Å². The van der Waals surface area contributed by atoms with E-state index in [9.17, 15) is 19.8 Å². The highest BCUT2D eigenvalue weighted by molar-refractivity contribution is 7.13. The number of H-pyrrole nitrogens is 1. The molecule has 6 aromatic rings. The number of aromatic amines is 1. The zero-order valence-corrected chi connectivity index (χ0v) is 40.3. The standard InChI is InChI=1S/C48H62N6O6S2Si/c1-30-14-22-42(62-30)48(58,41-13-9-26-61-41)46(57)59-33-17-15-32(16-18-33)53(5)24-10-25-54-45-37-12-8-11-34(37)31(27-38(45)51-52-54)28-49-29-40(60-63(6,7)47(2,3)4)35-19-21-39(55)44-36(35)20-23-43(56)50-44/h9,13-14,19-23,26-27,32-33,40,49,55,58H,8,10-12,15-18,24-25,28-29H2,1-7H3,(H,50,56)/t32?,33?,40?,48-/m1/s1. The number of carbonyl (C=O) groups is 1. The van der Waals surface area contributed by atoms with Crippen LogP contribution in [0.5, 0.6) is 5.75 Å². The maximum Gasteiger partial charge on any atom is 0.349 e. The van der Waals surface area contributed by atoms with Gasteiger partial charge in [-0.3, -0.25) is 4.79 Å². The number of hydrogen-bond donors (Lipinski definition) is 4. The molecule has 0 spiro atoms. The predicted octanol–water partition coefficient (Wildman–Crippen LogP) is 8.86. The molecule has 2 aliphatic carbocycles. The van der Waals surface area contributed by atoms with Gasteiger partial charge in [-0.25, -0.2) is 9.48 Å². The monoisotopic (exact) mass is 910 g/mol. The molecule has 12 nitrogen and oxygen atoms in total. The Morgan fingerprint density at radius 2 is 1.84 bits per heavy atom. The summed E-state index contributed by atoms with van der Waals surface area (Å²) >= 11 is 2.79. The van der Waals surface area contributed by atoms with E-state index in [4.69, 9.17) is 9.16 Å². The average Bonchev–Trinajstić information content (AvgIpc) is 4.09. The van der Waals surface area contributed by atoms with Crippen molar-refractivity contribution in [2.24, 2.45) is 0 Å². The van der Waals surface area contributed by atoms with Gasteiger partial charge < -0.3 is 34.6 Å². The van der Waals surface area contributed by atoms with Crippen molar-refractivity contribution >= 4 is 58.9 Å². The summed E-state index contributed by atoms with van der Waals surface area (Å²) in [6.45, 7) is 16.1. The molecule has 336 valence electrons. The van der Waals surface area contributed by atoms with E-state index >= 15 is 0 Å². The first kappa shape index (κ1) is 45.3. The molecule has 0 bridgehead atoms. The molecule has 4 N–H and O–H groups in total. The molecule has 2 aliphatic rings. The summed E-state index contributed by atoms with van der Waals surface area (Å²) in [6.07, 6.45) is 6.93. The van der Waals surface area contributed by atoms with Crippen molar-refractivity contribution in [3.05, 3.63) is 107 Å². The molecule has 1 unspecified atom stereocenters. The number of aromatic nitrogens is 4. The summed E-state index contributed by atoms with van der Waals surface area (Å²) < 4.78 is 15.2. The predicted molar refractivity (Wildman–Crippen MR) is 254 cm³/mol. The SMILES string of the molecule is Cc1ccc([C@@](O)(C(=O)OC2CCC(N(C)CCCn3nnc4cc(CNCC(O[Si](C)(C)C(C)(C)C)c5ccc(O)c6[nH]c(=O)ccc56)c5c(c43)CCC5)CC2)c2cccs2)s1. The van der Waals surface area contributed by atoms with E-state index in [1.807, 2.05) is 36.6 Å². The zero-order valence-electron chi connectivity index (χ0n) is 37.6. The van der Waals surface area contributed by atoms with Gasteiger partial charge in [-0.2, -0.15) is 0 Å². The quantitative estimate of drug-likeness (QED) is 0.0547. The third-order valence-electron chi connectivity index (χ3n) is 13.8. The van der Waals surface area contributed by atoms with Crippen molar-refractivity contribution in [3.8, 4) is 5.75 Å². The summed E-state index contributed by atoms with van der Waals surface area (Å²) in [5.74, 6) is -0.543. The topological polar surface area (TPSA) is 155 Å². The molecule has 2 aromatic carbocycles. The normalized spacial score (nSPS) is 18.6. The number of hydrogen-bond acceptors (Lipinski definition) is 12. The molecule has 0 amide bonds. The number of aliphatic hydroxyl groups is 1. The fourth-order valence-electron chi connectivity index (χ4n) is 9.21. The van der Waals surface area contributed by atoms with Gasteiger partial charge in [0.25, 0.3) is 0 Å². The van der Waals surface area contributed by atoms with Gasteiger partial charge in [-0.1, -0.05) is 38.1 Å². The summed E-state index contributed by atoms with van der Waals surface area (Å²) in [7, 11) is -0.0347. The van der Waals surface area contributed by atoms with Gasteiger partial charge in [-0.05, 0) is 154 Å². The minimum Gasteiger partial charge on any atom is -0.506 e. The number of thiophene rings is 2. The zero-order chi connectivity index (χ0) is 44.7. The summed E-state index contributed by atoms with van der Waals surface area (Å²) in [4.78, 5) is 33.3. The van der Waals surface area contributed by atoms with Gasteiger partial charge in [0, 0.05) is 42.0 Å². The number of aromatic hydroxyl groups is 1. The number of pyridine rings is 1. The Labute approximate surface area is 378 Å². The third-order valence-corrected chi connectivity index (χ3v) is 20.4. The number of benzene rings is 2. The molecule has 1 saturated carbocycles. The van der Waals surface area contributed by atoms with Crippen LogP contribution in [0.2, 0.25) is 18.1 Å². The van der Waals surface area contributed by atoms with Crippen LogP contribution in [0, 0.1) is 6.92 Å². The number of phenolic OH excluding ortho intramolecular Hbond substituents is 1. The first-order valence-electron chi connectivity index (χ1n) is 22.4. The summed E-state index contributed by atoms with van der Waals surface area (Å²) in [5, 5.41) is 38.2. The number of phenols is 1. The smallest absolute Gasteiger partial charge is 0.349 e. The minimum absolute atomic E-state index is 0.0123. The van der Waals surface area contributed by atoms with Crippen molar-refractivity contribution in [1.82, 2.24) is 30.2 Å². The van der Waals surface area contributed by atoms with E-state index < -0.39 is 19.9 Å². The summed E-state index contributed by atoms with van der Waals surface area (Å²) in [6, 6.07) is 16.9. The number of nitrogens with zero attached hydrogens (tertiary/aromatic N) is 4. The van der Waals surface area contributed by atoms with E-state index in [0.29, 0.717) is 34.4 Å². The van der Waals surface area contributed by atoms with Crippen LogP contribution in [-0.2, 0) is 45.5 Å². The van der Waals surface area contributed by atoms with E-state index in [1.54, 1.807) is 18.2 Å². The second-order valence-corrected chi connectivity index (χ2v) is 26.1. The van der Waals surface area contributed by atoms with Crippen molar-refractivity contribution in [2.45, 2.75) is 134 Å². The Balaban J connectivity index is 0.885. The van der Waals surface area contributed by atoms with Gasteiger partial charge >= 0.3 is 5.97 Å². The van der Waals surface area contributed by atoms with Crippen molar-refractivity contribution < 1.29 is 24.2 Å². The van der Waals surface area contributed by atoms with Crippen molar-refractivity contribution in [3.63, 3.8) is 0 Å². The Hall–Kier alpha value is -4.22. The molecule has 8 rings (SSSR count). The number of carbonyl (C=O) groups excluding carboxylic acids is 1.